The van der Waals surface area contributed by atoms with Gasteiger partial charge in [0, 0.05) is 0 Å². The molecule has 0 saturated heterocycles. The molecule has 0 saturated carbocycles. The van der Waals surface area contributed by atoms with E-state index in [2.05, 4.69) is 4.74 Å². The lowest BCUT2D eigenvalue weighted by molar-refractivity contribution is -0.599. The van der Waals surface area contributed by atoms with Crippen LogP contribution in [0.25, 0.3) is 0 Å². The van der Waals surface area contributed by atoms with E-state index < -0.39 is 16.7 Å². The number of esters is 1. The number of rotatable bonds is 4. The molecule has 0 amide bonds. The number of hydrogen-bond donors (Lipinski definition) is 0. The molecular formula is C10H10FNO4. The Labute approximate surface area is 91.0 Å². The molecule has 0 spiro atoms. The summed E-state index contributed by atoms with van der Waals surface area (Å²) in [5.41, 5.74) is -0.349. The second-order valence-corrected chi connectivity index (χ2v) is 2.97. The highest BCUT2D eigenvalue weighted by Crippen LogP contribution is 2.28. The first-order valence-corrected chi connectivity index (χ1v) is 4.59. The number of carbonyl (C=O) groups excluding carboxylic acids is 1. The van der Waals surface area contributed by atoms with Gasteiger partial charge in [-0.3, -0.25) is 10.1 Å². The molecular weight excluding hydrogens is 217 g/mol. The van der Waals surface area contributed by atoms with E-state index in [0.717, 1.165) is 0 Å². The third-order valence-electron chi connectivity index (χ3n) is 1.95. The Hall–Kier alpha value is -1.98. The number of alkyl halides is 1. The first-order valence-electron chi connectivity index (χ1n) is 4.59. The molecule has 0 aliphatic rings. The Morgan fingerprint density at radius 2 is 2.06 bits per heavy atom. The quantitative estimate of drug-likeness (QED) is 0.339. The molecule has 0 heterocycles. The highest BCUT2D eigenvalue weighted by atomic mass is 19.1. The van der Waals surface area contributed by atoms with Crippen molar-refractivity contribution in [2.45, 2.75) is 12.7 Å². The first-order chi connectivity index (χ1) is 7.53. The Bertz CT molecular complexity index is 395. The Kier molecular flexibility index (Phi) is 3.55. The standard InChI is InChI=1S/C10H10FNO4/c1-2-16-9(13)10(11,12(14)15)8-6-4-3-5-7-8/h3-7H,2H2,1H3. The summed E-state index contributed by atoms with van der Waals surface area (Å²) >= 11 is 0. The second-order valence-electron chi connectivity index (χ2n) is 2.97. The highest BCUT2D eigenvalue weighted by Gasteiger charge is 2.55. The second kappa shape index (κ2) is 4.69. The fourth-order valence-corrected chi connectivity index (χ4v) is 1.18. The van der Waals surface area contributed by atoms with Gasteiger partial charge in [0.2, 0.25) is 0 Å². The number of ether oxygens (including phenoxy) is 1. The van der Waals surface area contributed by atoms with Crippen LogP contribution in [0.5, 0.6) is 0 Å². The minimum Gasteiger partial charge on any atom is -0.458 e. The molecule has 86 valence electrons. The van der Waals surface area contributed by atoms with Gasteiger partial charge in [0.15, 0.2) is 0 Å². The number of nitro groups is 1. The summed E-state index contributed by atoms with van der Waals surface area (Å²) in [5, 5.41) is 10.7. The van der Waals surface area contributed by atoms with Crippen molar-refractivity contribution in [3.63, 3.8) is 0 Å². The van der Waals surface area contributed by atoms with Gasteiger partial charge in [-0.2, -0.15) is 4.39 Å². The van der Waals surface area contributed by atoms with Crippen molar-refractivity contribution in [1.29, 1.82) is 0 Å². The molecule has 1 aromatic rings. The average molecular weight is 227 g/mol. The van der Waals surface area contributed by atoms with Gasteiger partial charge in [0.1, 0.15) is 0 Å². The Morgan fingerprint density at radius 1 is 1.50 bits per heavy atom. The number of benzene rings is 1. The van der Waals surface area contributed by atoms with Crippen LogP contribution in [0, 0.1) is 10.1 Å². The van der Waals surface area contributed by atoms with E-state index in [1.807, 2.05) is 0 Å². The molecule has 0 fully saturated rings. The van der Waals surface area contributed by atoms with Crippen LogP contribution in [0.15, 0.2) is 30.3 Å². The topological polar surface area (TPSA) is 69.4 Å². The van der Waals surface area contributed by atoms with Crippen LogP contribution in [-0.4, -0.2) is 17.5 Å². The van der Waals surface area contributed by atoms with Gasteiger partial charge in [0.05, 0.1) is 17.1 Å². The summed E-state index contributed by atoms with van der Waals surface area (Å²) in [6, 6.07) is 6.72. The summed E-state index contributed by atoms with van der Waals surface area (Å²) in [5.74, 6) is -4.84. The maximum absolute atomic E-state index is 14.1. The molecule has 1 aromatic carbocycles. The largest absolute Gasteiger partial charge is 0.481 e. The van der Waals surface area contributed by atoms with E-state index in [4.69, 9.17) is 0 Å². The fourth-order valence-electron chi connectivity index (χ4n) is 1.18. The SMILES string of the molecule is CCOC(=O)C(F)(c1ccccc1)[N+](=O)[O-]. The highest BCUT2D eigenvalue weighted by molar-refractivity contribution is 5.79. The molecule has 5 nitrogen and oxygen atoms in total. The van der Waals surface area contributed by atoms with Crippen LogP contribution in [-0.2, 0) is 15.3 Å². The van der Waals surface area contributed by atoms with E-state index in [1.54, 1.807) is 6.07 Å². The number of hydrogen-bond acceptors (Lipinski definition) is 4. The molecule has 0 aliphatic carbocycles. The molecule has 0 aliphatic heterocycles. The molecule has 1 rings (SSSR count). The van der Waals surface area contributed by atoms with Crippen molar-refractivity contribution in [2.75, 3.05) is 6.61 Å². The monoisotopic (exact) mass is 227 g/mol. The average Bonchev–Trinajstić information content (AvgIpc) is 2.29. The molecule has 0 N–H and O–H groups in total. The van der Waals surface area contributed by atoms with Crippen LogP contribution in [0.1, 0.15) is 12.5 Å². The maximum Gasteiger partial charge on any atom is 0.481 e. The van der Waals surface area contributed by atoms with E-state index >= 15 is 0 Å². The van der Waals surface area contributed by atoms with Crippen LogP contribution in [0.4, 0.5) is 4.39 Å². The van der Waals surface area contributed by atoms with Crippen molar-refractivity contribution < 1.29 is 18.8 Å². The van der Waals surface area contributed by atoms with Gasteiger partial charge in [-0.1, -0.05) is 18.2 Å². The van der Waals surface area contributed by atoms with E-state index in [0.29, 0.717) is 0 Å². The van der Waals surface area contributed by atoms with Crippen molar-refractivity contribution >= 4 is 5.97 Å². The molecule has 16 heavy (non-hydrogen) atoms. The number of nitrogens with zero attached hydrogens (tertiary/aromatic N) is 1. The molecule has 0 bridgehead atoms. The lowest BCUT2D eigenvalue weighted by Crippen LogP contribution is -2.40. The van der Waals surface area contributed by atoms with E-state index in [9.17, 15) is 19.3 Å². The van der Waals surface area contributed by atoms with Gasteiger partial charge in [-0.05, 0) is 19.1 Å². The molecule has 0 radical (unpaired) electrons. The van der Waals surface area contributed by atoms with Crippen molar-refractivity contribution in [1.82, 2.24) is 0 Å². The summed E-state index contributed by atoms with van der Waals surface area (Å²) in [7, 11) is 0. The van der Waals surface area contributed by atoms with Crippen molar-refractivity contribution in [3.05, 3.63) is 46.0 Å². The van der Waals surface area contributed by atoms with Crippen molar-refractivity contribution in [2.24, 2.45) is 0 Å². The number of carbonyl (C=O) groups is 1. The summed E-state index contributed by atoms with van der Waals surface area (Å²) in [6.07, 6.45) is 0. The normalized spacial score (nSPS) is 13.9. The summed E-state index contributed by atoms with van der Waals surface area (Å²) in [6.45, 7) is 1.33. The predicted octanol–water partition coefficient (Wildman–Crippen LogP) is 1.65. The minimum atomic E-state index is -3.34. The molecule has 1 unspecified atom stereocenters. The summed E-state index contributed by atoms with van der Waals surface area (Å²) < 4.78 is 18.4. The first kappa shape index (κ1) is 12.1. The van der Waals surface area contributed by atoms with Gasteiger partial charge in [-0.25, -0.2) is 4.79 Å². The maximum atomic E-state index is 14.1. The smallest absolute Gasteiger partial charge is 0.458 e. The van der Waals surface area contributed by atoms with Crippen molar-refractivity contribution in [3.8, 4) is 0 Å². The zero-order valence-corrected chi connectivity index (χ0v) is 8.55. The zero-order chi connectivity index (χ0) is 12.2. The zero-order valence-electron chi connectivity index (χ0n) is 8.55. The minimum absolute atomic E-state index is 0.120. The van der Waals surface area contributed by atoms with Gasteiger partial charge >= 0.3 is 11.8 Å². The van der Waals surface area contributed by atoms with Crippen LogP contribution in [0.3, 0.4) is 0 Å². The van der Waals surface area contributed by atoms with Crippen LogP contribution < -0.4 is 0 Å². The summed E-state index contributed by atoms with van der Waals surface area (Å²) in [4.78, 5) is 20.6. The predicted molar refractivity (Wildman–Crippen MR) is 52.9 cm³/mol. The Balaban J connectivity index is 3.17. The Morgan fingerprint density at radius 3 is 2.50 bits per heavy atom. The number of halogens is 1. The van der Waals surface area contributed by atoms with Crippen LogP contribution >= 0.6 is 0 Å². The van der Waals surface area contributed by atoms with Crippen LogP contribution in [0.2, 0.25) is 0 Å². The van der Waals surface area contributed by atoms with E-state index in [-0.39, 0.29) is 12.2 Å². The van der Waals surface area contributed by atoms with E-state index in [1.165, 1.54) is 31.2 Å². The molecule has 6 heteroatoms. The van der Waals surface area contributed by atoms with Gasteiger partial charge in [-0.15, -0.1) is 0 Å². The third-order valence-corrected chi connectivity index (χ3v) is 1.95. The lowest BCUT2D eigenvalue weighted by Gasteiger charge is -2.14. The van der Waals surface area contributed by atoms with Gasteiger partial charge < -0.3 is 4.74 Å². The fraction of sp³-hybridized carbons (Fsp3) is 0.300. The third kappa shape index (κ3) is 2.00. The molecule has 1 atom stereocenters. The van der Waals surface area contributed by atoms with Gasteiger partial charge in [0.25, 0.3) is 0 Å². The lowest BCUT2D eigenvalue weighted by atomic mass is 10.1. The molecule has 0 aromatic heterocycles.